The van der Waals surface area contributed by atoms with Gasteiger partial charge >= 0.3 is 11.9 Å². The zero-order chi connectivity index (χ0) is 20.3. The molecule has 0 saturated carbocycles. The fourth-order valence-corrected chi connectivity index (χ4v) is 3.07. The topological polar surface area (TPSA) is 83.8 Å². The summed E-state index contributed by atoms with van der Waals surface area (Å²) in [6.45, 7) is 4.16. The van der Waals surface area contributed by atoms with E-state index in [0.29, 0.717) is 12.8 Å². The van der Waals surface area contributed by atoms with Crippen molar-refractivity contribution >= 4 is 11.9 Å². The van der Waals surface area contributed by atoms with Crippen LogP contribution in [0.2, 0.25) is 0 Å². The molecule has 0 aliphatic carbocycles. The molecule has 5 nitrogen and oxygen atoms in total. The first kappa shape index (κ1) is 25.6. The quantitative estimate of drug-likeness (QED) is 0.136. The van der Waals surface area contributed by atoms with Gasteiger partial charge in [-0.3, -0.25) is 4.79 Å². The summed E-state index contributed by atoms with van der Waals surface area (Å²) in [7, 11) is 0. The van der Waals surface area contributed by atoms with Gasteiger partial charge in [0, 0.05) is 6.42 Å². The number of carbonyl (C=O) groups is 2. The van der Waals surface area contributed by atoms with Crippen LogP contribution >= 0.6 is 0 Å². The normalized spacial score (nSPS) is 12.8. The van der Waals surface area contributed by atoms with E-state index < -0.39 is 18.0 Å². The molecule has 0 saturated heterocycles. The molecule has 0 aromatic carbocycles. The first-order valence-electron chi connectivity index (χ1n) is 10.8. The summed E-state index contributed by atoms with van der Waals surface area (Å²) in [4.78, 5) is 22.7. The Morgan fingerprint density at radius 2 is 1.37 bits per heavy atom. The number of ether oxygens (including phenoxy) is 1. The monoisotopic (exact) mass is 384 g/mol. The fourth-order valence-electron chi connectivity index (χ4n) is 3.07. The summed E-state index contributed by atoms with van der Waals surface area (Å²) in [5, 5.41) is 18.6. The molecule has 1 atom stereocenters. The molecular weight excluding hydrogens is 344 g/mol. The summed E-state index contributed by atoms with van der Waals surface area (Å²) < 4.78 is 5.15. The van der Waals surface area contributed by atoms with Crippen LogP contribution in [0.15, 0.2) is 11.8 Å². The van der Waals surface area contributed by atoms with E-state index in [2.05, 4.69) is 6.92 Å². The maximum Gasteiger partial charge on any atom is 0.331 e. The van der Waals surface area contributed by atoms with Gasteiger partial charge in [0.15, 0.2) is 0 Å². The van der Waals surface area contributed by atoms with Crippen LogP contribution < -0.4 is 0 Å². The maximum absolute atomic E-state index is 11.8. The summed E-state index contributed by atoms with van der Waals surface area (Å²) in [6.07, 6.45) is 15.2. The van der Waals surface area contributed by atoms with Crippen LogP contribution in [0.25, 0.3) is 0 Å². The highest BCUT2D eigenvalue weighted by atomic mass is 16.5. The van der Waals surface area contributed by atoms with Crippen molar-refractivity contribution in [1.82, 2.24) is 0 Å². The molecule has 27 heavy (non-hydrogen) atoms. The molecule has 0 aliphatic rings. The predicted octanol–water partition coefficient (Wildman–Crippen LogP) is 5.75. The van der Waals surface area contributed by atoms with Gasteiger partial charge in [0.1, 0.15) is 5.76 Å². The second kappa shape index (κ2) is 18.0. The number of aliphatic hydroxyl groups excluding tert-OH is 1. The second-order valence-corrected chi connectivity index (χ2v) is 7.36. The summed E-state index contributed by atoms with van der Waals surface area (Å²) >= 11 is 0. The Balaban J connectivity index is 3.90. The molecule has 0 rings (SSSR count). The number of hydrogen-bond acceptors (Lipinski definition) is 4. The number of carboxylic acid groups (broad SMARTS) is 1. The third-order valence-corrected chi connectivity index (χ3v) is 4.58. The number of hydrogen-bond donors (Lipinski definition) is 2. The van der Waals surface area contributed by atoms with Gasteiger partial charge in [0.05, 0.1) is 18.6 Å². The van der Waals surface area contributed by atoms with E-state index in [0.717, 1.165) is 31.8 Å². The first-order chi connectivity index (χ1) is 13.0. The summed E-state index contributed by atoms with van der Waals surface area (Å²) in [5.41, 5.74) is 0. The minimum absolute atomic E-state index is 0.0942. The zero-order valence-electron chi connectivity index (χ0n) is 17.4. The SMILES string of the molecule is CCCCCCCCCCCCCC(=CC(=O)O)OC(=O)CC(O)CCC. The van der Waals surface area contributed by atoms with E-state index >= 15 is 0 Å². The molecule has 0 bridgehead atoms. The van der Waals surface area contributed by atoms with E-state index in [-0.39, 0.29) is 12.2 Å². The highest BCUT2D eigenvalue weighted by Crippen LogP contribution is 2.16. The number of allylic oxidation sites excluding steroid dienone is 1. The van der Waals surface area contributed by atoms with Gasteiger partial charge in [0.2, 0.25) is 0 Å². The fraction of sp³-hybridized carbons (Fsp3) is 0.818. The second-order valence-electron chi connectivity index (χ2n) is 7.36. The third kappa shape index (κ3) is 17.8. The van der Waals surface area contributed by atoms with Crippen molar-refractivity contribution in [2.24, 2.45) is 0 Å². The minimum Gasteiger partial charge on any atom is -0.478 e. The summed E-state index contributed by atoms with van der Waals surface area (Å²) in [5.74, 6) is -1.49. The molecule has 0 radical (unpaired) electrons. The molecule has 0 aromatic heterocycles. The number of carbonyl (C=O) groups excluding carboxylic acids is 1. The van der Waals surface area contributed by atoms with E-state index in [1.807, 2.05) is 6.92 Å². The number of unbranched alkanes of at least 4 members (excludes halogenated alkanes) is 10. The van der Waals surface area contributed by atoms with Gasteiger partial charge in [-0.1, -0.05) is 84.5 Å². The van der Waals surface area contributed by atoms with Crippen LogP contribution in [0.5, 0.6) is 0 Å². The van der Waals surface area contributed by atoms with Gasteiger partial charge in [0.25, 0.3) is 0 Å². The molecule has 0 fully saturated rings. The average molecular weight is 385 g/mol. The van der Waals surface area contributed by atoms with Gasteiger partial charge in [-0.2, -0.15) is 0 Å². The van der Waals surface area contributed by atoms with Crippen molar-refractivity contribution in [3.63, 3.8) is 0 Å². The number of carboxylic acids is 1. The highest BCUT2D eigenvalue weighted by molar-refractivity contribution is 5.81. The molecule has 2 N–H and O–H groups in total. The van der Waals surface area contributed by atoms with E-state index in [9.17, 15) is 14.7 Å². The number of rotatable bonds is 18. The Morgan fingerprint density at radius 3 is 1.85 bits per heavy atom. The lowest BCUT2D eigenvalue weighted by Crippen LogP contribution is -2.15. The Labute approximate surface area is 165 Å². The molecule has 5 heteroatoms. The molecule has 0 aliphatic heterocycles. The number of esters is 1. The van der Waals surface area contributed by atoms with Crippen LogP contribution in [0.1, 0.15) is 110 Å². The maximum atomic E-state index is 11.8. The van der Waals surface area contributed by atoms with Crippen LogP contribution in [0, 0.1) is 0 Å². The average Bonchev–Trinajstić information content (AvgIpc) is 2.59. The van der Waals surface area contributed by atoms with Crippen molar-refractivity contribution < 1.29 is 24.5 Å². The Bertz CT molecular complexity index is 417. The number of aliphatic hydroxyl groups is 1. The van der Waals surface area contributed by atoms with Crippen LogP contribution in [-0.2, 0) is 14.3 Å². The standard InChI is InChI=1S/C22H40O5/c1-3-5-6-7-8-9-10-11-12-13-14-16-20(18-21(24)25)27-22(26)17-19(23)15-4-2/h18-19,23H,3-17H2,1-2H3,(H,24,25). The Kier molecular flexibility index (Phi) is 17.1. The van der Waals surface area contributed by atoms with Crippen LogP contribution in [0.3, 0.4) is 0 Å². The molecule has 158 valence electrons. The summed E-state index contributed by atoms with van der Waals surface area (Å²) in [6, 6.07) is 0. The van der Waals surface area contributed by atoms with Gasteiger partial charge in [-0.15, -0.1) is 0 Å². The lowest BCUT2D eigenvalue weighted by molar-refractivity contribution is -0.142. The van der Waals surface area contributed by atoms with Crippen molar-refractivity contribution in [2.75, 3.05) is 0 Å². The van der Waals surface area contributed by atoms with Crippen molar-refractivity contribution in [1.29, 1.82) is 0 Å². The van der Waals surface area contributed by atoms with Crippen molar-refractivity contribution in [3.05, 3.63) is 11.8 Å². The molecule has 1 unspecified atom stereocenters. The van der Waals surface area contributed by atoms with E-state index in [1.165, 1.54) is 51.4 Å². The lowest BCUT2D eigenvalue weighted by Gasteiger charge is -2.11. The molecule has 0 spiro atoms. The van der Waals surface area contributed by atoms with Gasteiger partial charge < -0.3 is 14.9 Å². The van der Waals surface area contributed by atoms with Crippen LogP contribution in [-0.4, -0.2) is 28.3 Å². The zero-order valence-corrected chi connectivity index (χ0v) is 17.4. The minimum atomic E-state index is -1.12. The van der Waals surface area contributed by atoms with Gasteiger partial charge in [-0.25, -0.2) is 4.79 Å². The molecule has 0 aromatic rings. The molecule has 0 heterocycles. The largest absolute Gasteiger partial charge is 0.478 e. The predicted molar refractivity (Wildman–Crippen MR) is 108 cm³/mol. The molecule has 0 amide bonds. The Hall–Kier alpha value is -1.36. The lowest BCUT2D eigenvalue weighted by atomic mass is 10.0. The van der Waals surface area contributed by atoms with Crippen molar-refractivity contribution in [3.8, 4) is 0 Å². The molecular formula is C22H40O5. The third-order valence-electron chi connectivity index (χ3n) is 4.58. The smallest absolute Gasteiger partial charge is 0.331 e. The number of aliphatic carboxylic acids is 1. The van der Waals surface area contributed by atoms with Crippen LogP contribution in [0.4, 0.5) is 0 Å². The van der Waals surface area contributed by atoms with E-state index in [4.69, 9.17) is 9.84 Å². The first-order valence-corrected chi connectivity index (χ1v) is 10.8. The van der Waals surface area contributed by atoms with Gasteiger partial charge in [-0.05, 0) is 12.8 Å². The Morgan fingerprint density at radius 1 is 0.852 bits per heavy atom. The van der Waals surface area contributed by atoms with Crippen molar-refractivity contribution in [2.45, 2.75) is 116 Å². The van der Waals surface area contributed by atoms with E-state index in [1.54, 1.807) is 0 Å². The highest BCUT2D eigenvalue weighted by Gasteiger charge is 2.14.